The lowest BCUT2D eigenvalue weighted by molar-refractivity contribution is 0.203. The summed E-state index contributed by atoms with van der Waals surface area (Å²) in [5.74, 6) is 0.738. The Balaban J connectivity index is 2.52. The number of aromatic nitrogens is 1. The highest BCUT2D eigenvalue weighted by atomic mass is 32.2. The van der Waals surface area contributed by atoms with Crippen molar-refractivity contribution in [2.45, 2.75) is 32.1 Å². The zero-order chi connectivity index (χ0) is 10.6. The van der Waals surface area contributed by atoms with Crippen LogP contribution in [-0.2, 0) is 0 Å². The quantitative estimate of drug-likeness (QED) is 0.831. The summed E-state index contributed by atoms with van der Waals surface area (Å²) in [6, 6.07) is 3.87. The van der Waals surface area contributed by atoms with Crippen molar-refractivity contribution in [2.24, 2.45) is 0 Å². The molecular weight excluding hydrogens is 194 g/mol. The number of aliphatic hydroxyl groups is 1. The number of nitrogens with zero attached hydrogens (tertiary/aromatic N) is 1. The molecule has 0 fully saturated rings. The second-order valence-corrected chi connectivity index (χ2v) is 5.24. The first-order valence-electron chi connectivity index (χ1n) is 4.82. The molecule has 1 rings (SSSR count). The van der Waals surface area contributed by atoms with Crippen LogP contribution in [-0.4, -0.2) is 21.1 Å². The highest BCUT2D eigenvalue weighted by molar-refractivity contribution is 7.99. The molecule has 0 saturated heterocycles. The summed E-state index contributed by atoms with van der Waals surface area (Å²) in [5, 5.41) is 10.4. The molecule has 0 aliphatic rings. The van der Waals surface area contributed by atoms with Crippen LogP contribution in [0.25, 0.3) is 0 Å². The Bertz CT molecular complexity index is 271. The maximum atomic E-state index is 9.80. The van der Waals surface area contributed by atoms with Crippen molar-refractivity contribution in [2.75, 3.05) is 5.75 Å². The minimum Gasteiger partial charge on any atom is -0.387 e. The summed E-state index contributed by atoms with van der Waals surface area (Å²) in [7, 11) is 0. The van der Waals surface area contributed by atoms with Crippen LogP contribution in [0.5, 0.6) is 0 Å². The summed E-state index contributed by atoms with van der Waals surface area (Å²) in [4.78, 5) is 4.16. The van der Waals surface area contributed by atoms with Gasteiger partial charge in [0.05, 0.1) is 6.10 Å². The Hall–Kier alpha value is -0.540. The maximum Gasteiger partial charge on any atom is 0.0895 e. The van der Waals surface area contributed by atoms with Crippen molar-refractivity contribution in [1.82, 2.24) is 4.98 Å². The van der Waals surface area contributed by atoms with Crippen molar-refractivity contribution in [1.29, 1.82) is 0 Å². The predicted octanol–water partition coefficient (Wildman–Crippen LogP) is 2.57. The molecule has 1 unspecified atom stereocenters. The van der Waals surface area contributed by atoms with E-state index in [0.717, 1.165) is 17.0 Å². The molecule has 0 aromatic carbocycles. The normalized spacial score (nSPS) is 13.2. The molecule has 1 N–H and O–H groups in total. The van der Waals surface area contributed by atoms with Crippen LogP contribution >= 0.6 is 11.8 Å². The lowest BCUT2D eigenvalue weighted by atomic mass is 10.2. The average molecular weight is 211 g/mol. The van der Waals surface area contributed by atoms with E-state index in [0.29, 0.717) is 5.25 Å². The molecular formula is C11H17NOS. The van der Waals surface area contributed by atoms with E-state index in [-0.39, 0.29) is 0 Å². The zero-order valence-corrected chi connectivity index (χ0v) is 9.71. The fourth-order valence-corrected chi connectivity index (χ4v) is 1.82. The Labute approximate surface area is 89.8 Å². The summed E-state index contributed by atoms with van der Waals surface area (Å²) in [6.07, 6.45) is 1.36. The third kappa shape index (κ3) is 3.68. The minimum atomic E-state index is -0.393. The maximum absolute atomic E-state index is 9.80. The molecule has 3 heteroatoms. The van der Waals surface area contributed by atoms with Crippen LogP contribution in [0.15, 0.2) is 18.3 Å². The third-order valence-corrected chi connectivity index (χ3v) is 3.08. The van der Waals surface area contributed by atoms with Gasteiger partial charge in [0.2, 0.25) is 0 Å². The van der Waals surface area contributed by atoms with E-state index in [1.54, 1.807) is 18.0 Å². The highest BCUT2D eigenvalue weighted by Gasteiger charge is 2.08. The van der Waals surface area contributed by atoms with Crippen LogP contribution in [0.3, 0.4) is 0 Å². The first-order valence-corrected chi connectivity index (χ1v) is 5.86. The Morgan fingerprint density at radius 3 is 2.64 bits per heavy atom. The van der Waals surface area contributed by atoms with E-state index in [4.69, 9.17) is 0 Å². The first-order chi connectivity index (χ1) is 6.59. The lowest BCUT2D eigenvalue weighted by Crippen LogP contribution is -2.03. The van der Waals surface area contributed by atoms with Crippen LogP contribution in [0.1, 0.15) is 31.2 Å². The molecule has 2 nitrogen and oxygen atoms in total. The molecule has 78 valence electrons. The number of hydrogen-bond donors (Lipinski definition) is 1. The topological polar surface area (TPSA) is 33.1 Å². The second kappa shape index (κ2) is 5.37. The van der Waals surface area contributed by atoms with Gasteiger partial charge in [-0.3, -0.25) is 4.98 Å². The Morgan fingerprint density at radius 2 is 2.14 bits per heavy atom. The van der Waals surface area contributed by atoms with Crippen LogP contribution < -0.4 is 0 Å². The van der Waals surface area contributed by atoms with E-state index in [9.17, 15) is 5.11 Å². The van der Waals surface area contributed by atoms with Gasteiger partial charge in [0, 0.05) is 17.6 Å². The minimum absolute atomic E-state index is 0.393. The predicted molar refractivity (Wildman–Crippen MR) is 61.5 cm³/mol. The van der Waals surface area contributed by atoms with E-state index < -0.39 is 6.10 Å². The monoisotopic (exact) mass is 211 g/mol. The SMILES string of the molecule is Cc1ccc(C(O)CSC(C)C)cn1. The molecule has 0 spiro atoms. The van der Waals surface area contributed by atoms with E-state index in [1.807, 2.05) is 19.1 Å². The fourth-order valence-electron chi connectivity index (χ4n) is 1.06. The van der Waals surface area contributed by atoms with Gasteiger partial charge in [-0.15, -0.1) is 0 Å². The number of rotatable bonds is 4. The van der Waals surface area contributed by atoms with Crippen molar-refractivity contribution >= 4 is 11.8 Å². The summed E-state index contributed by atoms with van der Waals surface area (Å²) >= 11 is 1.76. The van der Waals surface area contributed by atoms with Crippen LogP contribution in [0.2, 0.25) is 0 Å². The highest BCUT2D eigenvalue weighted by Crippen LogP contribution is 2.20. The number of thioether (sulfide) groups is 1. The van der Waals surface area contributed by atoms with Crippen LogP contribution in [0, 0.1) is 6.92 Å². The molecule has 1 atom stereocenters. The molecule has 0 saturated carbocycles. The molecule has 1 aromatic rings. The summed E-state index contributed by atoms with van der Waals surface area (Å²) in [6.45, 7) is 6.20. The number of pyridine rings is 1. The van der Waals surface area contributed by atoms with Crippen molar-refractivity contribution < 1.29 is 5.11 Å². The van der Waals surface area contributed by atoms with Gasteiger partial charge < -0.3 is 5.11 Å². The van der Waals surface area contributed by atoms with Crippen LogP contribution in [0.4, 0.5) is 0 Å². The molecule has 0 radical (unpaired) electrons. The van der Waals surface area contributed by atoms with Gasteiger partial charge in [-0.1, -0.05) is 19.9 Å². The molecule has 0 aliphatic carbocycles. The zero-order valence-electron chi connectivity index (χ0n) is 8.90. The lowest BCUT2D eigenvalue weighted by Gasteiger charge is -2.11. The Kier molecular flexibility index (Phi) is 4.42. The standard InChI is InChI=1S/C11H17NOS/c1-8(2)14-7-11(13)10-5-4-9(3)12-6-10/h4-6,8,11,13H,7H2,1-3H3. The molecule has 14 heavy (non-hydrogen) atoms. The van der Waals surface area contributed by atoms with Crippen molar-refractivity contribution in [3.63, 3.8) is 0 Å². The van der Waals surface area contributed by atoms with E-state index >= 15 is 0 Å². The summed E-state index contributed by atoms with van der Waals surface area (Å²) in [5.41, 5.74) is 1.89. The van der Waals surface area contributed by atoms with Gasteiger partial charge in [-0.2, -0.15) is 11.8 Å². The van der Waals surface area contributed by atoms with Gasteiger partial charge in [-0.05, 0) is 23.8 Å². The molecule has 0 amide bonds. The smallest absolute Gasteiger partial charge is 0.0895 e. The average Bonchev–Trinajstić information content (AvgIpc) is 2.15. The van der Waals surface area contributed by atoms with E-state index in [2.05, 4.69) is 18.8 Å². The first kappa shape index (κ1) is 11.5. The van der Waals surface area contributed by atoms with Gasteiger partial charge in [-0.25, -0.2) is 0 Å². The molecule has 0 aliphatic heterocycles. The fraction of sp³-hybridized carbons (Fsp3) is 0.545. The molecule has 1 aromatic heterocycles. The largest absolute Gasteiger partial charge is 0.387 e. The van der Waals surface area contributed by atoms with Crippen molar-refractivity contribution in [3.8, 4) is 0 Å². The van der Waals surface area contributed by atoms with Gasteiger partial charge in [0.1, 0.15) is 0 Å². The number of aliphatic hydroxyl groups excluding tert-OH is 1. The van der Waals surface area contributed by atoms with Gasteiger partial charge in [0.15, 0.2) is 0 Å². The number of hydrogen-bond acceptors (Lipinski definition) is 3. The van der Waals surface area contributed by atoms with Gasteiger partial charge >= 0.3 is 0 Å². The molecule has 0 bridgehead atoms. The number of aryl methyl sites for hydroxylation is 1. The Morgan fingerprint density at radius 1 is 1.43 bits per heavy atom. The summed E-state index contributed by atoms with van der Waals surface area (Å²) < 4.78 is 0. The van der Waals surface area contributed by atoms with Crippen molar-refractivity contribution in [3.05, 3.63) is 29.6 Å². The third-order valence-electron chi connectivity index (χ3n) is 1.91. The molecule has 1 heterocycles. The van der Waals surface area contributed by atoms with Gasteiger partial charge in [0.25, 0.3) is 0 Å². The van der Waals surface area contributed by atoms with E-state index in [1.165, 1.54) is 0 Å². The second-order valence-electron chi connectivity index (χ2n) is 3.63.